The van der Waals surface area contributed by atoms with Crippen molar-refractivity contribution >= 4 is 5.91 Å². The summed E-state index contributed by atoms with van der Waals surface area (Å²) in [7, 11) is 1.74. The molecule has 1 aliphatic carbocycles. The summed E-state index contributed by atoms with van der Waals surface area (Å²) in [5.41, 5.74) is 0.254. The average molecular weight is 242 g/mol. The first-order valence-corrected chi connectivity index (χ1v) is 6.38. The Kier molecular flexibility index (Phi) is 4.95. The van der Waals surface area contributed by atoms with Crippen LogP contribution in [0.5, 0.6) is 0 Å². The zero-order valence-corrected chi connectivity index (χ0v) is 11.6. The van der Waals surface area contributed by atoms with Crippen molar-refractivity contribution in [2.45, 2.75) is 45.6 Å². The third-order valence-corrected chi connectivity index (χ3v) is 3.09. The van der Waals surface area contributed by atoms with Gasteiger partial charge in [-0.1, -0.05) is 0 Å². The van der Waals surface area contributed by atoms with Crippen LogP contribution < -0.4 is 10.6 Å². The number of hydrogen-bond donors (Lipinski definition) is 2. The maximum Gasteiger partial charge on any atom is 0.234 e. The van der Waals surface area contributed by atoms with Gasteiger partial charge in [0.2, 0.25) is 5.91 Å². The molecule has 0 aromatic heterocycles. The molecule has 17 heavy (non-hydrogen) atoms. The molecule has 4 heteroatoms. The van der Waals surface area contributed by atoms with Crippen molar-refractivity contribution in [2.24, 2.45) is 5.41 Å². The normalized spacial score (nSPS) is 17.9. The van der Waals surface area contributed by atoms with Gasteiger partial charge in [-0.2, -0.15) is 0 Å². The maximum absolute atomic E-state index is 11.6. The van der Waals surface area contributed by atoms with E-state index in [4.69, 9.17) is 4.74 Å². The molecular formula is C13H26N2O2. The van der Waals surface area contributed by atoms with E-state index in [9.17, 15) is 4.79 Å². The van der Waals surface area contributed by atoms with E-state index in [-0.39, 0.29) is 11.4 Å². The summed E-state index contributed by atoms with van der Waals surface area (Å²) in [6, 6.07) is 0. The molecule has 0 aromatic rings. The van der Waals surface area contributed by atoms with Gasteiger partial charge in [-0.25, -0.2) is 0 Å². The number of carbonyl (C=O) groups excluding carboxylic acids is 1. The van der Waals surface area contributed by atoms with Crippen molar-refractivity contribution < 1.29 is 9.53 Å². The fourth-order valence-corrected chi connectivity index (χ4v) is 1.91. The number of rotatable bonds is 7. The summed E-state index contributed by atoms with van der Waals surface area (Å²) in [6.45, 7) is 8.12. The molecular weight excluding hydrogens is 216 g/mol. The second-order valence-corrected chi connectivity index (χ2v) is 6.14. The van der Waals surface area contributed by atoms with Crippen LogP contribution >= 0.6 is 0 Å². The first-order valence-electron chi connectivity index (χ1n) is 6.38. The van der Waals surface area contributed by atoms with E-state index < -0.39 is 0 Å². The smallest absolute Gasteiger partial charge is 0.234 e. The number of ether oxygens (including phenoxy) is 1. The van der Waals surface area contributed by atoms with Crippen molar-refractivity contribution in [1.82, 2.24) is 10.6 Å². The summed E-state index contributed by atoms with van der Waals surface area (Å²) < 4.78 is 5.10. The van der Waals surface area contributed by atoms with E-state index in [0.29, 0.717) is 12.0 Å². The molecule has 1 aliphatic rings. The lowest BCUT2D eigenvalue weighted by atomic mass is 10.0. The van der Waals surface area contributed by atoms with E-state index in [1.807, 2.05) is 20.8 Å². The maximum atomic E-state index is 11.6. The molecule has 100 valence electrons. The fraction of sp³-hybridized carbons (Fsp3) is 0.923. The lowest BCUT2D eigenvalue weighted by molar-refractivity contribution is -0.121. The number of carbonyl (C=O) groups is 1. The Balaban J connectivity index is 2.13. The Morgan fingerprint density at radius 3 is 2.47 bits per heavy atom. The molecule has 0 atom stereocenters. The largest absolute Gasteiger partial charge is 0.385 e. The standard InChI is InChI=1S/C13H26N2O2/c1-12(2,3)15-11(16)9-14-10-13(5-6-13)7-8-17-4/h14H,5-10H2,1-4H3,(H,15,16). The average Bonchev–Trinajstić information content (AvgIpc) is 2.93. The second kappa shape index (κ2) is 5.83. The Morgan fingerprint density at radius 1 is 1.35 bits per heavy atom. The molecule has 2 N–H and O–H groups in total. The zero-order valence-electron chi connectivity index (χ0n) is 11.6. The molecule has 0 aliphatic heterocycles. The van der Waals surface area contributed by atoms with Crippen LogP contribution in [0.25, 0.3) is 0 Å². The van der Waals surface area contributed by atoms with Gasteiger partial charge in [-0.3, -0.25) is 4.79 Å². The van der Waals surface area contributed by atoms with E-state index in [1.165, 1.54) is 12.8 Å². The van der Waals surface area contributed by atoms with Gasteiger partial charge in [0.1, 0.15) is 0 Å². The van der Waals surface area contributed by atoms with Gasteiger partial charge in [0, 0.05) is 25.8 Å². The monoisotopic (exact) mass is 242 g/mol. The van der Waals surface area contributed by atoms with Crippen LogP contribution in [0.4, 0.5) is 0 Å². The molecule has 0 spiro atoms. The summed E-state index contributed by atoms with van der Waals surface area (Å²) in [6.07, 6.45) is 3.60. The summed E-state index contributed by atoms with van der Waals surface area (Å²) in [4.78, 5) is 11.6. The fourth-order valence-electron chi connectivity index (χ4n) is 1.91. The van der Waals surface area contributed by atoms with E-state index in [0.717, 1.165) is 19.6 Å². The Labute approximate surface area is 104 Å². The van der Waals surface area contributed by atoms with Crippen LogP contribution in [0.2, 0.25) is 0 Å². The Morgan fingerprint density at radius 2 is 2.00 bits per heavy atom. The first kappa shape index (κ1) is 14.5. The summed E-state index contributed by atoms with van der Waals surface area (Å²) in [5, 5.41) is 6.19. The van der Waals surface area contributed by atoms with Gasteiger partial charge in [0.15, 0.2) is 0 Å². The van der Waals surface area contributed by atoms with Crippen LogP contribution in [-0.4, -0.2) is 38.3 Å². The van der Waals surface area contributed by atoms with Gasteiger partial charge in [-0.15, -0.1) is 0 Å². The van der Waals surface area contributed by atoms with Crippen molar-refractivity contribution in [3.63, 3.8) is 0 Å². The van der Waals surface area contributed by atoms with E-state index >= 15 is 0 Å². The van der Waals surface area contributed by atoms with E-state index in [2.05, 4.69) is 10.6 Å². The molecule has 1 saturated carbocycles. The SMILES string of the molecule is COCCC1(CNCC(=O)NC(C)(C)C)CC1. The van der Waals surface area contributed by atoms with Crippen LogP contribution in [0, 0.1) is 5.41 Å². The minimum Gasteiger partial charge on any atom is -0.385 e. The summed E-state index contributed by atoms with van der Waals surface area (Å²) in [5.74, 6) is 0.0695. The van der Waals surface area contributed by atoms with Gasteiger partial charge in [0.05, 0.1) is 6.54 Å². The minimum atomic E-state index is -0.147. The van der Waals surface area contributed by atoms with E-state index in [1.54, 1.807) is 7.11 Å². The zero-order chi connectivity index (χ0) is 12.9. The minimum absolute atomic E-state index is 0.0695. The number of methoxy groups -OCH3 is 1. The molecule has 0 unspecified atom stereocenters. The van der Waals surface area contributed by atoms with Crippen molar-refractivity contribution in [3.05, 3.63) is 0 Å². The second-order valence-electron chi connectivity index (χ2n) is 6.14. The molecule has 1 amide bonds. The van der Waals surface area contributed by atoms with Gasteiger partial charge < -0.3 is 15.4 Å². The lowest BCUT2D eigenvalue weighted by Crippen LogP contribution is -2.45. The third-order valence-electron chi connectivity index (χ3n) is 3.09. The number of nitrogens with one attached hydrogen (secondary N) is 2. The van der Waals surface area contributed by atoms with Gasteiger partial charge >= 0.3 is 0 Å². The number of amides is 1. The predicted molar refractivity (Wildman–Crippen MR) is 68.9 cm³/mol. The molecule has 0 aromatic carbocycles. The highest BCUT2D eigenvalue weighted by molar-refractivity contribution is 5.78. The lowest BCUT2D eigenvalue weighted by Gasteiger charge is -2.21. The van der Waals surface area contributed by atoms with Crippen LogP contribution in [0.1, 0.15) is 40.0 Å². The third kappa shape index (κ3) is 6.03. The molecule has 4 nitrogen and oxygen atoms in total. The predicted octanol–water partition coefficient (Wildman–Crippen LogP) is 1.31. The molecule has 0 bridgehead atoms. The molecule has 0 radical (unpaired) electrons. The highest BCUT2D eigenvalue weighted by atomic mass is 16.5. The van der Waals surface area contributed by atoms with Crippen molar-refractivity contribution in [1.29, 1.82) is 0 Å². The Hall–Kier alpha value is -0.610. The highest BCUT2D eigenvalue weighted by Gasteiger charge is 2.41. The van der Waals surface area contributed by atoms with Gasteiger partial charge in [0.25, 0.3) is 0 Å². The topological polar surface area (TPSA) is 50.4 Å². The highest BCUT2D eigenvalue weighted by Crippen LogP contribution is 2.48. The van der Waals surface area contributed by atoms with Crippen molar-refractivity contribution in [3.8, 4) is 0 Å². The molecule has 0 heterocycles. The van der Waals surface area contributed by atoms with Crippen LogP contribution in [0.3, 0.4) is 0 Å². The molecule has 1 fully saturated rings. The first-order chi connectivity index (χ1) is 7.87. The van der Waals surface area contributed by atoms with Crippen molar-refractivity contribution in [2.75, 3.05) is 26.8 Å². The quantitative estimate of drug-likeness (QED) is 0.707. The van der Waals surface area contributed by atoms with Crippen LogP contribution in [0.15, 0.2) is 0 Å². The molecule has 0 saturated heterocycles. The molecule has 1 rings (SSSR count). The van der Waals surface area contributed by atoms with Crippen LogP contribution in [-0.2, 0) is 9.53 Å². The summed E-state index contributed by atoms with van der Waals surface area (Å²) >= 11 is 0. The van der Waals surface area contributed by atoms with Gasteiger partial charge in [-0.05, 0) is 45.4 Å². The number of hydrogen-bond acceptors (Lipinski definition) is 3. The Bertz CT molecular complexity index is 255.